The molecule has 3 rings (SSSR count). The summed E-state index contributed by atoms with van der Waals surface area (Å²) in [5.41, 5.74) is 2.59. The van der Waals surface area contributed by atoms with Crippen LogP contribution in [0, 0.1) is 0 Å². The zero-order valence-electron chi connectivity index (χ0n) is 13.7. The van der Waals surface area contributed by atoms with Crippen LogP contribution >= 0.6 is 11.3 Å². The molecule has 0 saturated carbocycles. The summed E-state index contributed by atoms with van der Waals surface area (Å²) in [6.45, 7) is 0. The quantitative estimate of drug-likeness (QED) is 0.710. The van der Waals surface area contributed by atoms with Gasteiger partial charge in [-0.05, 0) is 30.3 Å². The Labute approximate surface area is 144 Å². The first-order valence-electron chi connectivity index (χ1n) is 7.33. The molecular formula is C18H18N2O3S. The second kappa shape index (κ2) is 7.23. The largest absolute Gasteiger partial charge is 0.497 e. The number of anilines is 2. The van der Waals surface area contributed by atoms with Crippen LogP contribution in [-0.4, -0.2) is 26.3 Å². The van der Waals surface area contributed by atoms with Crippen LogP contribution in [0.4, 0.5) is 10.8 Å². The van der Waals surface area contributed by atoms with E-state index in [1.165, 1.54) is 11.3 Å². The molecular weight excluding hydrogens is 324 g/mol. The zero-order chi connectivity index (χ0) is 16.9. The number of hydrogen-bond acceptors (Lipinski definition) is 6. The number of nitrogens with one attached hydrogen (secondary N) is 1. The van der Waals surface area contributed by atoms with Crippen LogP contribution in [0.15, 0.2) is 47.8 Å². The van der Waals surface area contributed by atoms with Gasteiger partial charge < -0.3 is 19.5 Å². The zero-order valence-corrected chi connectivity index (χ0v) is 14.5. The van der Waals surface area contributed by atoms with E-state index in [0.717, 1.165) is 39.3 Å². The van der Waals surface area contributed by atoms with E-state index in [2.05, 4.69) is 10.3 Å². The molecule has 0 unspecified atom stereocenters. The lowest BCUT2D eigenvalue weighted by atomic mass is 10.1. The van der Waals surface area contributed by atoms with Crippen molar-refractivity contribution < 1.29 is 14.2 Å². The highest BCUT2D eigenvalue weighted by atomic mass is 32.1. The van der Waals surface area contributed by atoms with Crippen LogP contribution in [0.1, 0.15) is 0 Å². The Kier molecular flexibility index (Phi) is 4.86. The summed E-state index contributed by atoms with van der Waals surface area (Å²) in [5.74, 6) is 2.29. The van der Waals surface area contributed by atoms with Crippen molar-refractivity contribution in [1.82, 2.24) is 4.98 Å². The molecule has 6 heteroatoms. The van der Waals surface area contributed by atoms with E-state index in [1.54, 1.807) is 21.3 Å². The normalized spacial score (nSPS) is 10.3. The number of hydrogen-bond donors (Lipinski definition) is 1. The monoisotopic (exact) mass is 342 g/mol. The maximum absolute atomic E-state index is 5.43. The molecule has 0 aliphatic carbocycles. The average Bonchev–Trinajstić information content (AvgIpc) is 3.10. The highest BCUT2D eigenvalue weighted by Gasteiger charge is 2.12. The summed E-state index contributed by atoms with van der Waals surface area (Å²) in [5, 5.41) is 6.05. The third-order valence-electron chi connectivity index (χ3n) is 3.54. The van der Waals surface area contributed by atoms with Crippen molar-refractivity contribution in [2.24, 2.45) is 0 Å². The molecule has 0 radical (unpaired) electrons. The van der Waals surface area contributed by atoms with Gasteiger partial charge in [-0.1, -0.05) is 12.1 Å². The average molecular weight is 342 g/mol. The number of para-hydroxylation sites is 2. The number of rotatable bonds is 6. The van der Waals surface area contributed by atoms with Gasteiger partial charge in [0, 0.05) is 10.9 Å². The number of benzene rings is 2. The van der Waals surface area contributed by atoms with Crippen LogP contribution in [0.25, 0.3) is 11.3 Å². The molecule has 1 heterocycles. The Hall–Kier alpha value is -2.73. The molecule has 124 valence electrons. The molecule has 0 saturated heterocycles. The van der Waals surface area contributed by atoms with Crippen molar-refractivity contribution in [3.8, 4) is 28.5 Å². The van der Waals surface area contributed by atoms with E-state index in [1.807, 2.05) is 47.8 Å². The van der Waals surface area contributed by atoms with Gasteiger partial charge in [-0.2, -0.15) is 0 Å². The minimum Gasteiger partial charge on any atom is -0.497 e. The minimum absolute atomic E-state index is 0.755. The first kappa shape index (κ1) is 16.1. The van der Waals surface area contributed by atoms with Gasteiger partial charge in [0.2, 0.25) is 0 Å². The fourth-order valence-corrected chi connectivity index (χ4v) is 3.06. The molecule has 0 aliphatic heterocycles. The van der Waals surface area contributed by atoms with Gasteiger partial charge in [0.25, 0.3) is 0 Å². The number of methoxy groups -OCH3 is 3. The second-order valence-corrected chi connectivity index (χ2v) is 5.79. The van der Waals surface area contributed by atoms with Gasteiger partial charge >= 0.3 is 0 Å². The van der Waals surface area contributed by atoms with Crippen molar-refractivity contribution in [2.45, 2.75) is 0 Å². The molecule has 0 amide bonds. The lowest BCUT2D eigenvalue weighted by Gasteiger charge is -2.09. The predicted molar refractivity (Wildman–Crippen MR) is 96.9 cm³/mol. The van der Waals surface area contributed by atoms with E-state index in [9.17, 15) is 0 Å². The first-order chi connectivity index (χ1) is 11.7. The summed E-state index contributed by atoms with van der Waals surface area (Å²) in [4.78, 5) is 4.65. The van der Waals surface area contributed by atoms with Gasteiger partial charge in [0.1, 0.15) is 17.2 Å². The molecule has 3 aromatic rings. The predicted octanol–water partition coefficient (Wildman–Crippen LogP) is 4.58. The Balaban J connectivity index is 1.91. The van der Waals surface area contributed by atoms with Crippen molar-refractivity contribution >= 4 is 22.2 Å². The summed E-state index contributed by atoms with van der Waals surface area (Å²) in [6, 6.07) is 13.4. The Morgan fingerprint density at radius 1 is 0.917 bits per heavy atom. The van der Waals surface area contributed by atoms with E-state index in [-0.39, 0.29) is 0 Å². The van der Waals surface area contributed by atoms with Crippen LogP contribution in [0.2, 0.25) is 0 Å². The molecule has 0 bridgehead atoms. The number of thiazole rings is 1. The molecule has 0 spiro atoms. The SMILES string of the molecule is COc1ccc(OC)c(-c2csc(Nc3ccccc3OC)n2)c1. The molecule has 0 fully saturated rings. The van der Waals surface area contributed by atoms with E-state index < -0.39 is 0 Å². The number of nitrogens with zero attached hydrogens (tertiary/aromatic N) is 1. The van der Waals surface area contributed by atoms with Crippen LogP contribution in [0.3, 0.4) is 0 Å². The van der Waals surface area contributed by atoms with Crippen molar-refractivity contribution in [3.63, 3.8) is 0 Å². The molecule has 24 heavy (non-hydrogen) atoms. The fourth-order valence-electron chi connectivity index (χ4n) is 2.33. The van der Waals surface area contributed by atoms with Crippen LogP contribution < -0.4 is 19.5 Å². The van der Waals surface area contributed by atoms with E-state index in [0.29, 0.717) is 0 Å². The lowest BCUT2D eigenvalue weighted by molar-refractivity contribution is 0.404. The van der Waals surface area contributed by atoms with Crippen LogP contribution in [-0.2, 0) is 0 Å². The summed E-state index contributed by atoms with van der Waals surface area (Å²) in [7, 11) is 4.93. The maximum atomic E-state index is 5.43. The van der Waals surface area contributed by atoms with Crippen molar-refractivity contribution in [2.75, 3.05) is 26.6 Å². The van der Waals surface area contributed by atoms with E-state index in [4.69, 9.17) is 14.2 Å². The molecule has 2 aromatic carbocycles. The maximum Gasteiger partial charge on any atom is 0.187 e. The minimum atomic E-state index is 0.755. The Morgan fingerprint density at radius 2 is 1.71 bits per heavy atom. The van der Waals surface area contributed by atoms with Crippen LogP contribution in [0.5, 0.6) is 17.2 Å². The first-order valence-corrected chi connectivity index (χ1v) is 8.21. The Bertz CT molecular complexity index is 833. The highest BCUT2D eigenvalue weighted by molar-refractivity contribution is 7.14. The lowest BCUT2D eigenvalue weighted by Crippen LogP contribution is -1.94. The fraction of sp³-hybridized carbons (Fsp3) is 0.167. The highest BCUT2D eigenvalue weighted by Crippen LogP contribution is 2.36. The summed E-state index contributed by atoms with van der Waals surface area (Å²) in [6.07, 6.45) is 0. The molecule has 0 atom stereocenters. The van der Waals surface area contributed by atoms with Gasteiger partial charge in [-0.15, -0.1) is 11.3 Å². The molecule has 0 aliphatic rings. The second-order valence-electron chi connectivity index (χ2n) is 4.93. The van der Waals surface area contributed by atoms with E-state index >= 15 is 0 Å². The Morgan fingerprint density at radius 3 is 2.46 bits per heavy atom. The van der Waals surface area contributed by atoms with Gasteiger partial charge in [-0.25, -0.2) is 4.98 Å². The van der Waals surface area contributed by atoms with Crippen molar-refractivity contribution in [1.29, 1.82) is 0 Å². The summed E-state index contributed by atoms with van der Waals surface area (Å²) >= 11 is 1.52. The third-order valence-corrected chi connectivity index (χ3v) is 4.29. The molecule has 5 nitrogen and oxygen atoms in total. The van der Waals surface area contributed by atoms with Gasteiger partial charge in [0.05, 0.1) is 32.7 Å². The topological polar surface area (TPSA) is 52.6 Å². The smallest absolute Gasteiger partial charge is 0.187 e. The standard InChI is InChI=1S/C18H18N2O3S/c1-21-12-8-9-16(22-2)13(10-12)15-11-24-18(20-15)19-14-6-4-5-7-17(14)23-3/h4-11H,1-3H3,(H,19,20). The molecule has 1 aromatic heterocycles. The number of aromatic nitrogens is 1. The third kappa shape index (κ3) is 3.28. The van der Waals surface area contributed by atoms with Gasteiger partial charge in [-0.3, -0.25) is 0 Å². The molecule has 1 N–H and O–H groups in total. The number of ether oxygens (including phenoxy) is 3. The van der Waals surface area contributed by atoms with Gasteiger partial charge in [0.15, 0.2) is 5.13 Å². The van der Waals surface area contributed by atoms with Crippen molar-refractivity contribution in [3.05, 3.63) is 47.8 Å². The summed E-state index contributed by atoms with van der Waals surface area (Å²) < 4.78 is 16.1.